The summed E-state index contributed by atoms with van der Waals surface area (Å²) in [6.45, 7) is 0. The van der Waals surface area contributed by atoms with E-state index in [0.717, 1.165) is 0 Å². The maximum atomic E-state index is 13.5. The first kappa shape index (κ1) is 10.4. The van der Waals surface area contributed by atoms with E-state index in [2.05, 4.69) is 4.98 Å². The molecule has 0 aliphatic rings. The van der Waals surface area contributed by atoms with Gasteiger partial charge < -0.3 is 0 Å². The van der Waals surface area contributed by atoms with Crippen LogP contribution in [-0.2, 0) is 0 Å². The number of aromatic nitrogens is 1. The Kier molecular flexibility index (Phi) is 2.72. The number of carbonyl (C=O) groups excluding carboxylic acids is 1. The summed E-state index contributed by atoms with van der Waals surface area (Å²) in [7, 11) is 0. The van der Waals surface area contributed by atoms with Gasteiger partial charge in [-0.05, 0) is 29.8 Å². The molecule has 0 aliphatic carbocycles. The average Bonchev–Trinajstić information content (AvgIpc) is 2.28. The second-order valence-electron chi connectivity index (χ2n) is 3.20. The molecule has 0 fully saturated rings. The highest BCUT2D eigenvalue weighted by Crippen LogP contribution is 2.22. The molecule has 2 rings (SSSR count). The number of hydrogen-bond acceptors (Lipinski definition) is 2. The SMILES string of the molecule is O=Cc1ccc(-c2cccc(F)c2)c(F)n1. The summed E-state index contributed by atoms with van der Waals surface area (Å²) in [6, 6.07) is 8.33. The lowest BCUT2D eigenvalue weighted by Crippen LogP contribution is -1.94. The van der Waals surface area contributed by atoms with Crippen molar-refractivity contribution in [2.24, 2.45) is 0 Å². The Hall–Kier alpha value is -2.10. The van der Waals surface area contributed by atoms with Crippen molar-refractivity contribution in [2.75, 3.05) is 0 Å². The third-order valence-electron chi connectivity index (χ3n) is 2.13. The predicted molar refractivity (Wildman–Crippen MR) is 55.0 cm³/mol. The van der Waals surface area contributed by atoms with E-state index in [9.17, 15) is 13.6 Å². The fourth-order valence-corrected chi connectivity index (χ4v) is 1.39. The van der Waals surface area contributed by atoms with Crippen molar-refractivity contribution in [1.29, 1.82) is 0 Å². The summed E-state index contributed by atoms with van der Waals surface area (Å²) < 4.78 is 26.4. The summed E-state index contributed by atoms with van der Waals surface area (Å²) in [5.74, 6) is -1.23. The molecule has 0 radical (unpaired) electrons. The van der Waals surface area contributed by atoms with Crippen LogP contribution in [0.3, 0.4) is 0 Å². The van der Waals surface area contributed by atoms with Crippen molar-refractivity contribution >= 4 is 6.29 Å². The van der Waals surface area contributed by atoms with E-state index in [1.165, 1.54) is 30.3 Å². The molecule has 0 atom stereocenters. The van der Waals surface area contributed by atoms with Gasteiger partial charge in [0.1, 0.15) is 11.5 Å². The van der Waals surface area contributed by atoms with Gasteiger partial charge in [-0.3, -0.25) is 4.79 Å². The number of carbonyl (C=O) groups is 1. The van der Waals surface area contributed by atoms with Gasteiger partial charge in [0, 0.05) is 5.56 Å². The topological polar surface area (TPSA) is 30.0 Å². The minimum atomic E-state index is -0.782. The number of aldehydes is 1. The van der Waals surface area contributed by atoms with Crippen LogP contribution in [0.5, 0.6) is 0 Å². The molecule has 2 aromatic rings. The van der Waals surface area contributed by atoms with Gasteiger partial charge in [0.15, 0.2) is 6.29 Å². The van der Waals surface area contributed by atoms with Gasteiger partial charge in [-0.15, -0.1) is 0 Å². The van der Waals surface area contributed by atoms with E-state index >= 15 is 0 Å². The summed E-state index contributed by atoms with van der Waals surface area (Å²) >= 11 is 0. The molecule has 80 valence electrons. The smallest absolute Gasteiger partial charge is 0.221 e. The highest BCUT2D eigenvalue weighted by Gasteiger charge is 2.07. The van der Waals surface area contributed by atoms with Crippen molar-refractivity contribution < 1.29 is 13.6 Å². The van der Waals surface area contributed by atoms with Crippen molar-refractivity contribution in [3.63, 3.8) is 0 Å². The Balaban J connectivity index is 2.52. The largest absolute Gasteiger partial charge is 0.296 e. The van der Waals surface area contributed by atoms with Crippen molar-refractivity contribution in [3.8, 4) is 11.1 Å². The monoisotopic (exact) mass is 219 g/mol. The molecular weight excluding hydrogens is 212 g/mol. The Morgan fingerprint density at radius 1 is 1.12 bits per heavy atom. The predicted octanol–water partition coefficient (Wildman–Crippen LogP) is 2.84. The van der Waals surface area contributed by atoms with Crippen molar-refractivity contribution in [1.82, 2.24) is 4.98 Å². The van der Waals surface area contributed by atoms with Crippen LogP contribution in [0, 0.1) is 11.8 Å². The molecule has 1 heterocycles. The molecule has 0 saturated carbocycles. The average molecular weight is 219 g/mol. The van der Waals surface area contributed by atoms with E-state index in [-0.39, 0.29) is 11.3 Å². The fraction of sp³-hybridized carbons (Fsp3) is 0. The molecule has 0 unspecified atom stereocenters. The third-order valence-corrected chi connectivity index (χ3v) is 2.13. The lowest BCUT2D eigenvalue weighted by atomic mass is 10.1. The fourth-order valence-electron chi connectivity index (χ4n) is 1.39. The molecule has 0 spiro atoms. The van der Waals surface area contributed by atoms with Crippen LogP contribution in [-0.4, -0.2) is 11.3 Å². The minimum absolute atomic E-state index is 0.0117. The van der Waals surface area contributed by atoms with E-state index < -0.39 is 11.8 Å². The number of halogens is 2. The summed E-state index contributed by atoms with van der Waals surface area (Å²) in [5, 5.41) is 0. The van der Waals surface area contributed by atoms with Crippen LogP contribution >= 0.6 is 0 Å². The quantitative estimate of drug-likeness (QED) is 0.574. The Morgan fingerprint density at radius 3 is 2.56 bits per heavy atom. The zero-order valence-electron chi connectivity index (χ0n) is 8.15. The second-order valence-corrected chi connectivity index (χ2v) is 3.20. The molecule has 0 bridgehead atoms. The highest BCUT2D eigenvalue weighted by atomic mass is 19.1. The lowest BCUT2D eigenvalue weighted by molar-refractivity contribution is 0.111. The van der Waals surface area contributed by atoms with E-state index in [4.69, 9.17) is 0 Å². The van der Waals surface area contributed by atoms with Gasteiger partial charge in [-0.1, -0.05) is 12.1 Å². The molecule has 4 heteroatoms. The molecule has 0 N–H and O–H groups in total. The second kappa shape index (κ2) is 4.18. The van der Waals surface area contributed by atoms with E-state index in [0.29, 0.717) is 11.8 Å². The van der Waals surface area contributed by atoms with Gasteiger partial charge in [0.25, 0.3) is 0 Å². The molecule has 0 aliphatic heterocycles. The zero-order chi connectivity index (χ0) is 11.5. The Labute approximate surface area is 90.6 Å². The minimum Gasteiger partial charge on any atom is -0.296 e. The maximum absolute atomic E-state index is 13.5. The molecule has 2 nitrogen and oxygen atoms in total. The first-order valence-corrected chi connectivity index (χ1v) is 4.58. The summed E-state index contributed by atoms with van der Waals surface area (Å²) in [5.41, 5.74) is 0.574. The van der Waals surface area contributed by atoms with Gasteiger partial charge in [0.2, 0.25) is 5.95 Å². The van der Waals surface area contributed by atoms with Crippen LogP contribution in [0.25, 0.3) is 11.1 Å². The number of rotatable bonds is 2. The maximum Gasteiger partial charge on any atom is 0.221 e. The number of hydrogen-bond donors (Lipinski definition) is 0. The molecular formula is C12H7F2NO. The molecule has 16 heavy (non-hydrogen) atoms. The van der Waals surface area contributed by atoms with Gasteiger partial charge in [-0.2, -0.15) is 4.39 Å². The summed E-state index contributed by atoms with van der Waals surface area (Å²) in [6.07, 6.45) is 0.457. The van der Waals surface area contributed by atoms with Crippen LogP contribution in [0.4, 0.5) is 8.78 Å². The molecule has 0 amide bonds. The van der Waals surface area contributed by atoms with Crippen LogP contribution in [0.2, 0.25) is 0 Å². The molecule has 0 saturated heterocycles. The third kappa shape index (κ3) is 1.95. The Morgan fingerprint density at radius 2 is 1.94 bits per heavy atom. The van der Waals surface area contributed by atoms with Gasteiger partial charge >= 0.3 is 0 Å². The van der Waals surface area contributed by atoms with Crippen LogP contribution < -0.4 is 0 Å². The number of pyridine rings is 1. The van der Waals surface area contributed by atoms with Crippen LogP contribution in [0.1, 0.15) is 10.5 Å². The van der Waals surface area contributed by atoms with Crippen molar-refractivity contribution in [3.05, 3.63) is 53.9 Å². The Bertz CT molecular complexity index is 540. The lowest BCUT2D eigenvalue weighted by Gasteiger charge is -2.03. The van der Waals surface area contributed by atoms with Crippen molar-refractivity contribution in [2.45, 2.75) is 0 Å². The van der Waals surface area contributed by atoms with E-state index in [1.54, 1.807) is 6.07 Å². The van der Waals surface area contributed by atoms with Crippen LogP contribution in [0.15, 0.2) is 36.4 Å². The first-order valence-electron chi connectivity index (χ1n) is 4.58. The highest BCUT2D eigenvalue weighted by molar-refractivity contribution is 5.73. The van der Waals surface area contributed by atoms with Gasteiger partial charge in [-0.25, -0.2) is 9.37 Å². The normalized spacial score (nSPS) is 10.1. The number of nitrogens with zero attached hydrogens (tertiary/aromatic N) is 1. The summed E-state index contributed by atoms with van der Waals surface area (Å²) in [4.78, 5) is 13.8. The number of benzene rings is 1. The van der Waals surface area contributed by atoms with E-state index in [1.807, 2.05) is 0 Å². The molecule has 1 aromatic heterocycles. The standard InChI is InChI=1S/C12H7F2NO/c13-9-3-1-2-8(6-9)11-5-4-10(7-16)15-12(11)14/h1-7H. The van der Waals surface area contributed by atoms with Gasteiger partial charge in [0.05, 0.1) is 0 Å². The first-order chi connectivity index (χ1) is 7.70. The molecule has 1 aromatic carbocycles. The zero-order valence-corrected chi connectivity index (χ0v) is 8.15.